The smallest absolute Gasteiger partial charge is 0.262 e. The van der Waals surface area contributed by atoms with Crippen LogP contribution in [-0.2, 0) is 16.0 Å². The van der Waals surface area contributed by atoms with Crippen molar-refractivity contribution in [3.8, 4) is 5.75 Å². The quantitative estimate of drug-likeness (QED) is 0.616. The zero-order valence-corrected chi connectivity index (χ0v) is 17.0. The van der Waals surface area contributed by atoms with E-state index in [9.17, 15) is 9.59 Å². The number of hydrogen-bond donors (Lipinski definition) is 2. The molecule has 0 unspecified atom stereocenters. The summed E-state index contributed by atoms with van der Waals surface area (Å²) >= 11 is 6.17. The van der Waals surface area contributed by atoms with Crippen molar-refractivity contribution in [3.05, 3.63) is 65.3 Å². The summed E-state index contributed by atoms with van der Waals surface area (Å²) < 4.78 is 5.64. The Morgan fingerprint density at radius 2 is 1.83 bits per heavy atom. The van der Waals surface area contributed by atoms with Gasteiger partial charge in [0.25, 0.3) is 5.91 Å². The highest BCUT2D eigenvalue weighted by Gasteiger charge is 2.10. The molecule has 1 heterocycles. The average Bonchev–Trinajstić information content (AvgIpc) is 2.68. The summed E-state index contributed by atoms with van der Waals surface area (Å²) in [5.74, 6) is 0.162. The lowest BCUT2D eigenvalue weighted by Gasteiger charge is -2.11. The van der Waals surface area contributed by atoms with Gasteiger partial charge in [-0.1, -0.05) is 23.7 Å². The number of carbonyl (C=O) groups is 2. The number of fused-ring (bicyclic) bond motifs is 1. The van der Waals surface area contributed by atoms with Gasteiger partial charge in [0.2, 0.25) is 5.91 Å². The van der Waals surface area contributed by atoms with Crippen molar-refractivity contribution in [1.29, 1.82) is 0 Å². The molecule has 2 amide bonds. The molecule has 1 aromatic heterocycles. The molecule has 0 aliphatic heterocycles. The van der Waals surface area contributed by atoms with Crippen LogP contribution in [0.1, 0.15) is 19.4 Å². The number of nitrogens with zero attached hydrogens (tertiary/aromatic N) is 1. The van der Waals surface area contributed by atoms with Gasteiger partial charge >= 0.3 is 0 Å². The van der Waals surface area contributed by atoms with Gasteiger partial charge in [0.15, 0.2) is 6.61 Å². The van der Waals surface area contributed by atoms with Gasteiger partial charge in [-0.05, 0) is 55.8 Å². The van der Waals surface area contributed by atoms with E-state index in [0.29, 0.717) is 28.4 Å². The fourth-order valence-electron chi connectivity index (χ4n) is 2.83. The van der Waals surface area contributed by atoms with E-state index in [2.05, 4.69) is 15.6 Å². The first-order chi connectivity index (χ1) is 13.9. The number of rotatable bonds is 7. The van der Waals surface area contributed by atoms with Crippen LogP contribution >= 0.6 is 11.6 Å². The van der Waals surface area contributed by atoms with Crippen molar-refractivity contribution >= 4 is 40.0 Å². The second-order valence-electron chi connectivity index (χ2n) is 6.88. The third-order valence-electron chi connectivity index (χ3n) is 4.09. The first kappa shape index (κ1) is 20.6. The van der Waals surface area contributed by atoms with Crippen LogP contribution in [0.25, 0.3) is 10.9 Å². The molecule has 0 fully saturated rings. The van der Waals surface area contributed by atoms with Gasteiger partial charge < -0.3 is 15.4 Å². The van der Waals surface area contributed by atoms with Gasteiger partial charge in [-0.25, -0.2) is 0 Å². The zero-order chi connectivity index (χ0) is 20.8. The highest BCUT2D eigenvalue weighted by molar-refractivity contribution is 6.35. The Labute approximate surface area is 174 Å². The minimum Gasteiger partial charge on any atom is -0.481 e. The molecule has 0 aliphatic rings. The Kier molecular flexibility index (Phi) is 6.67. The maximum absolute atomic E-state index is 12.2. The number of anilines is 1. The van der Waals surface area contributed by atoms with Crippen molar-refractivity contribution < 1.29 is 14.3 Å². The topological polar surface area (TPSA) is 80.3 Å². The Bertz CT molecular complexity index is 1020. The van der Waals surface area contributed by atoms with Gasteiger partial charge in [0.1, 0.15) is 11.3 Å². The van der Waals surface area contributed by atoms with Crippen LogP contribution in [0.3, 0.4) is 0 Å². The highest BCUT2D eigenvalue weighted by Crippen LogP contribution is 2.29. The van der Waals surface area contributed by atoms with E-state index >= 15 is 0 Å². The normalized spacial score (nSPS) is 10.8. The first-order valence-electron chi connectivity index (χ1n) is 9.26. The summed E-state index contributed by atoms with van der Waals surface area (Å²) in [5.41, 5.74) is 2.11. The van der Waals surface area contributed by atoms with Gasteiger partial charge in [-0.3, -0.25) is 14.6 Å². The number of nitrogens with one attached hydrogen (secondary N) is 2. The molecule has 0 aliphatic carbocycles. The number of hydrogen-bond acceptors (Lipinski definition) is 4. The van der Waals surface area contributed by atoms with Gasteiger partial charge in [-0.2, -0.15) is 0 Å². The fraction of sp³-hybridized carbons (Fsp3) is 0.227. The van der Waals surface area contributed by atoms with E-state index in [1.165, 1.54) is 0 Å². The van der Waals surface area contributed by atoms with Crippen LogP contribution in [-0.4, -0.2) is 29.4 Å². The monoisotopic (exact) mass is 411 g/mol. The molecular weight excluding hydrogens is 390 g/mol. The van der Waals surface area contributed by atoms with Crippen LogP contribution in [0.5, 0.6) is 5.75 Å². The fourth-order valence-corrected chi connectivity index (χ4v) is 3.05. The molecule has 2 aromatic carbocycles. The predicted molar refractivity (Wildman–Crippen MR) is 114 cm³/mol. The van der Waals surface area contributed by atoms with Crippen LogP contribution in [0.15, 0.2) is 54.7 Å². The van der Waals surface area contributed by atoms with Crippen molar-refractivity contribution in [2.75, 3.05) is 11.9 Å². The lowest BCUT2D eigenvalue weighted by molar-refractivity contribution is -0.121. The molecule has 29 heavy (non-hydrogen) atoms. The zero-order valence-electron chi connectivity index (χ0n) is 16.2. The van der Waals surface area contributed by atoms with Gasteiger partial charge in [0, 0.05) is 23.3 Å². The maximum atomic E-state index is 12.2. The summed E-state index contributed by atoms with van der Waals surface area (Å²) in [6.07, 6.45) is 1.95. The number of aromatic nitrogens is 1. The Hall–Kier alpha value is -3.12. The molecular formula is C22H22ClN3O3. The number of carbonyl (C=O) groups excluding carboxylic acids is 2. The summed E-state index contributed by atoms with van der Waals surface area (Å²) in [5, 5.41) is 6.96. The summed E-state index contributed by atoms with van der Waals surface area (Å²) in [6, 6.07) is 14.3. The first-order valence-corrected chi connectivity index (χ1v) is 9.64. The second-order valence-corrected chi connectivity index (χ2v) is 7.29. The molecule has 0 bridgehead atoms. The molecule has 150 valence electrons. The molecule has 2 N–H and O–H groups in total. The van der Waals surface area contributed by atoms with Crippen LogP contribution in [0, 0.1) is 0 Å². The second kappa shape index (κ2) is 9.39. The van der Waals surface area contributed by atoms with Crippen LogP contribution in [0.4, 0.5) is 5.69 Å². The summed E-state index contributed by atoms with van der Waals surface area (Å²) in [7, 11) is 0. The molecule has 0 atom stereocenters. The summed E-state index contributed by atoms with van der Waals surface area (Å²) in [4.78, 5) is 28.3. The molecule has 6 nitrogen and oxygen atoms in total. The molecule has 7 heteroatoms. The van der Waals surface area contributed by atoms with Gasteiger partial charge in [0.05, 0.1) is 11.4 Å². The molecule has 3 rings (SSSR count). The predicted octanol–water partition coefficient (Wildman–Crippen LogP) is 3.97. The van der Waals surface area contributed by atoms with E-state index in [1.807, 2.05) is 32.0 Å². The number of pyridine rings is 1. The third-order valence-corrected chi connectivity index (χ3v) is 4.42. The standard InChI is InChI=1S/C22H22ClN3O3/c1-14(2)25-20(27)12-15-5-7-16(8-6-15)26-21(28)13-29-19-10-9-18(23)17-4-3-11-24-22(17)19/h3-11,14H,12-13H2,1-2H3,(H,25,27)(H,26,28). The lowest BCUT2D eigenvalue weighted by Crippen LogP contribution is -2.31. The average molecular weight is 412 g/mol. The van der Waals surface area contributed by atoms with Gasteiger partial charge in [-0.15, -0.1) is 0 Å². The SMILES string of the molecule is CC(C)NC(=O)Cc1ccc(NC(=O)COc2ccc(Cl)c3cccnc23)cc1. The minimum atomic E-state index is -0.297. The number of benzene rings is 2. The lowest BCUT2D eigenvalue weighted by atomic mass is 10.1. The third kappa shape index (κ3) is 5.68. The van der Waals surface area contributed by atoms with E-state index in [1.54, 1.807) is 36.5 Å². The number of halogens is 1. The highest BCUT2D eigenvalue weighted by atomic mass is 35.5. The largest absolute Gasteiger partial charge is 0.481 e. The molecule has 0 saturated carbocycles. The van der Waals surface area contributed by atoms with Crippen molar-refractivity contribution in [1.82, 2.24) is 10.3 Å². The van der Waals surface area contributed by atoms with Crippen LogP contribution in [0.2, 0.25) is 5.02 Å². The minimum absolute atomic E-state index is 0.0333. The van der Waals surface area contributed by atoms with Crippen molar-refractivity contribution in [2.45, 2.75) is 26.3 Å². The van der Waals surface area contributed by atoms with E-state index < -0.39 is 0 Å². The number of amides is 2. The van der Waals surface area contributed by atoms with E-state index in [4.69, 9.17) is 16.3 Å². The molecule has 0 spiro atoms. The van der Waals surface area contributed by atoms with Crippen LogP contribution < -0.4 is 15.4 Å². The Morgan fingerprint density at radius 1 is 1.07 bits per heavy atom. The van der Waals surface area contributed by atoms with E-state index in [-0.39, 0.29) is 24.5 Å². The Morgan fingerprint density at radius 3 is 2.55 bits per heavy atom. The molecule has 0 saturated heterocycles. The van der Waals surface area contributed by atoms with Crippen molar-refractivity contribution in [2.24, 2.45) is 0 Å². The van der Waals surface area contributed by atoms with Crippen molar-refractivity contribution in [3.63, 3.8) is 0 Å². The number of ether oxygens (including phenoxy) is 1. The maximum Gasteiger partial charge on any atom is 0.262 e. The van der Waals surface area contributed by atoms with E-state index in [0.717, 1.165) is 10.9 Å². The molecule has 0 radical (unpaired) electrons. The Balaban J connectivity index is 1.56. The molecule has 3 aromatic rings. The summed E-state index contributed by atoms with van der Waals surface area (Å²) in [6.45, 7) is 3.68.